The van der Waals surface area contributed by atoms with Crippen LogP contribution < -0.4 is 5.73 Å². The predicted molar refractivity (Wildman–Crippen MR) is 91.0 cm³/mol. The Labute approximate surface area is 126 Å². The molecule has 0 saturated heterocycles. The number of hydrogen-bond acceptors (Lipinski definition) is 1. The lowest BCUT2D eigenvalue weighted by Crippen LogP contribution is -1.88. The van der Waals surface area contributed by atoms with Crippen molar-refractivity contribution in [1.82, 2.24) is 0 Å². The maximum atomic E-state index is 5.69. The van der Waals surface area contributed by atoms with E-state index in [1.807, 2.05) is 12.1 Å². The highest BCUT2D eigenvalue weighted by atomic mass is 14.5. The summed E-state index contributed by atoms with van der Waals surface area (Å²) < 4.78 is 0. The van der Waals surface area contributed by atoms with E-state index in [0.717, 1.165) is 5.69 Å². The molecular weight excluding hydrogens is 242 g/mol. The van der Waals surface area contributed by atoms with E-state index in [9.17, 15) is 0 Å². The van der Waals surface area contributed by atoms with E-state index >= 15 is 0 Å². The smallest absolute Gasteiger partial charge is 0.0314 e. The van der Waals surface area contributed by atoms with E-state index < -0.39 is 0 Å². The van der Waals surface area contributed by atoms with Gasteiger partial charge in [-0.15, -0.1) is 0 Å². The normalized spacial score (nSPS) is 10.8. The first-order valence-corrected chi connectivity index (χ1v) is 8.67. The third kappa shape index (κ3) is 9.01. The summed E-state index contributed by atoms with van der Waals surface area (Å²) in [5.41, 5.74) is 7.98. The number of unbranched alkanes of at least 4 members (excludes halogenated alkanes) is 10. The number of nitrogen functional groups attached to an aromatic ring is 1. The standard InChI is InChI=1S/C19H33N/c1-2-3-4-5-6-7-8-9-10-11-12-13-18-14-16-19(20)17-15-18/h14-17H,2-13,20H2,1H3. The average molecular weight is 275 g/mol. The van der Waals surface area contributed by atoms with Gasteiger partial charge in [-0.05, 0) is 30.5 Å². The summed E-state index contributed by atoms with van der Waals surface area (Å²) in [6.07, 6.45) is 16.7. The van der Waals surface area contributed by atoms with Gasteiger partial charge >= 0.3 is 0 Å². The van der Waals surface area contributed by atoms with E-state index in [0.29, 0.717) is 0 Å². The molecule has 1 aromatic carbocycles. The second-order valence-electron chi connectivity index (χ2n) is 6.03. The van der Waals surface area contributed by atoms with Crippen LogP contribution in [0.4, 0.5) is 5.69 Å². The first-order valence-electron chi connectivity index (χ1n) is 8.67. The zero-order valence-electron chi connectivity index (χ0n) is 13.4. The van der Waals surface area contributed by atoms with Crippen LogP contribution in [-0.4, -0.2) is 0 Å². The van der Waals surface area contributed by atoms with Crippen LogP contribution in [0.25, 0.3) is 0 Å². The topological polar surface area (TPSA) is 26.0 Å². The van der Waals surface area contributed by atoms with Gasteiger partial charge in [-0.2, -0.15) is 0 Å². The van der Waals surface area contributed by atoms with Crippen molar-refractivity contribution < 1.29 is 0 Å². The zero-order chi connectivity index (χ0) is 14.5. The molecule has 0 amide bonds. The molecule has 0 bridgehead atoms. The number of nitrogens with two attached hydrogens (primary N) is 1. The first kappa shape index (κ1) is 17.1. The summed E-state index contributed by atoms with van der Waals surface area (Å²) in [6.45, 7) is 2.28. The number of hydrogen-bond donors (Lipinski definition) is 1. The highest BCUT2D eigenvalue weighted by Gasteiger charge is 1.95. The van der Waals surface area contributed by atoms with Crippen LogP contribution in [0.3, 0.4) is 0 Å². The fourth-order valence-electron chi connectivity index (χ4n) is 2.68. The minimum absolute atomic E-state index is 0.868. The number of anilines is 1. The number of rotatable bonds is 12. The van der Waals surface area contributed by atoms with Gasteiger partial charge in [0.15, 0.2) is 0 Å². The third-order valence-electron chi connectivity index (χ3n) is 4.05. The van der Waals surface area contributed by atoms with E-state index in [1.165, 1.54) is 82.6 Å². The summed E-state index contributed by atoms with van der Waals surface area (Å²) in [6, 6.07) is 8.33. The molecule has 1 rings (SSSR count). The van der Waals surface area contributed by atoms with Crippen molar-refractivity contribution in [2.45, 2.75) is 84.0 Å². The van der Waals surface area contributed by atoms with Gasteiger partial charge in [0.05, 0.1) is 0 Å². The molecule has 0 saturated carbocycles. The summed E-state index contributed by atoms with van der Waals surface area (Å²) >= 11 is 0. The second kappa shape index (κ2) is 11.8. The molecule has 20 heavy (non-hydrogen) atoms. The minimum Gasteiger partial charge on any atom is -0.399 e. The number of aryl methyl sites for hydroxylation is 1. The summed E-state index contributed by atoms with van der Waals surface area (Å²) in [5, 5.41) is 0. The quantitative estimate of drug-likeness (QED) is 0.361. The van der Waals surface area contributed by atoms with Crippen molar-refractivity contribution in [3.63, 3.8) is 0 Å². The van der Waals surface area contributed by atoms with E-state index in [1.54, 1.807) is 0 Å². The minimum atomic E-state index is 0.868. The van der Waals surface area contributed by atoms with Crippen LogP contribution in [0.1, 0.15) is 83.1 Å². The lowest BCUT2D eigenvalue weighted by Gasteiger charge is -2.03. The summed E-state index contributed by atoms with van der Waals surface area (Å²) in [4.78, 5) is 0. The first-order chi connectivity index (χ1) is 9.83. The fraction of sp³-hybridized carbons (Fsp3) is 0.684. The maximum Gasteiger partial charge on any atom is 0.0314 e. The maximum absolute atomic E-state index is 5.69. The molecule has 1 aromatic rings. The lowest BCUT2D eigenvalue weighted by atomic mass is 10.0. The molecule has 0 aliphatic rings. The summed E-state index contributed by atoms with van der Waals surface area (Å²) in [5.74, 6) is 0. The van der Waals surface area contributed by atoms with Crippen molar-refractivity contribution >= 4 is 5.69 Å². The molecule has 2 N–H and O–H groups in total. The summed E-state index contributed by atoms with van der Waals surface area (Å²) in [7, 11) is 0. The van der Waals surface area contributed by atoms with Gasteiger partial charge in [0, 0.05) is 5.69 Å². The molecule has 0 unspecified atom stereocenters. The Kier molecular flexibility index (Phi) is 10.1. The number of benzene rings is 1. The molecule has 0 fully saturated rings. The Balaban J connectivity index is 1.84. The molecule has 0 aromatic heterocycles. The van der Waals surface area contributed by atoms with Crippen LogP contribution in [0.5, 0.6) is 0 Å². The van der Waals surface area contributed by atoms with Crippen molar-refractivity contribution in [2.24, 2.45) is 0 Å². The molecule has 0 aliphatic heterocycles. The van der Waals surface area contributed by atoms with Crippen LogP contribution in [0.15, 0.2) is 24.3 Å². The van der Waals surface area contributed by atoms with Crippen LogP contribution in [0.2, 0.25) is 0 Å². The van der Waals surface area contributed by atoms with Crippen molar-refractivity contribution in [3.05, 3.63) is 29.8 Å². The van der Waals surface area contributed by atoms with E-state index in [2.05, 4.69) is 19.1 Å². The zero-order valence-corrected chi connectivity index (χ0v) is 13.4. The van der Waals surface area contributed by atoms with Crippen LogP contribution in [-0.2, 0) is 6.42 Å². The average Bonchev–Trinajstić information content (AvgIpc) is 2.47. The Hall–Kier alpha value is -0.980. The lowest BCUT2D eigenvalue weighted by molar-refractivity contribution is 0.549. The van der Waals surface area contributed by atoms with Gasteiger partial charge in [0.1, 0.15) is 0 Å². The van der Waals surface area contributed by atoms with E-state index in [4.69, 9.17) is 5.73 Å². The molecule has 1 nitrogen and oxygen atoms in total. The molecule has 0 radical (unpaired) electrons. The molecular formula is C19H33N. The van der Waals surface area contributed by atoms with Crippen LogP contribution >= 0.6 is 0 Å². The Morgan fingerprint density at radius 3 is 1.60 bits per heavy atom. The molecule has 0 atom stereocenters. The van der Waals surface area contributed by atoms with Gasteiger partial charge in [-0.25, -0.2) is 0 Å². The van der Waals surface area contributed by atoms with Gasteiger partial charge in [-0.1, -0.05) is 83.3 Å². The van der Waals surface area contributed by atoms with Gasteiger partial charge in [0.25, 0.3) is 0 Å². The molecule has 114 valence electrons. The molecule has 0 spiro atoms. The second-order valence-corrected chi connectivity index (χ2v) is 6.03. The Morgan fingerprint density at radius 1 is 0.650 bits per heavy atom. The van der Waals surface area contributed by atoms with Crippen molar-refractivity contribution in [3.8, 4) is 0 Å². The van der Waals surface area contributed by atoms with Gasteiger partial charge in [-0.3, -0.25) is 0 Å². The molecule has 0 aliphatic carbocycles. The van der Waals surface area contributed by atoms with Crippen molar-refractivity contribution in [1.29, 1.82) is 0 Å². The highest BCUT2D eigenvalue weighted by Crippen LogP contribution is 2.13. The van der Waals surface area contributed by atoms with Gasteiger partial charge < -0.3 is 5.73 Å². The van der Waals surface area contributed by atoms with E-state index in [-0.39, 0.29) is 0 Å². The Bertz CT molecular complexity index is 315. The highest BCUT2D eigenvalue weighted by molar-refractivity contribution is 5.39. The van der Waals surface area contributed by atoms with Crippen molar-refractivity contribution in [2.75, 3.05) is 5.73 Å². The van der Waals surface area contributed by atoms with Crippen LogP contribution in [0, 0.1) is 0 Å². The predicted octanol–water partition coefficient (Wildman–Crippen LogP) is 6.12. The monoisotopic (exact) mass is 275 g/mol. The molecule has 1 heteroatoms. The largest absolute Gasteiger partial charge is 0.399 e. The SMILES string of the molecule is CCCCCCCCCCCCCc1ccc(N)cc1. The molecule has 0 heterocycles. The Morgan fingerprint density at radius 2 is 1.10 bits per heavy atom. The third-order valence-corrected chi connectivity index (χ3v) is 4.05. The fourth-order valence-corrected chi connectivity index (χ4v) is 2.68. The van der Waals surface area contributed by atoms with Gasteiger partial charge in [0.2, 0.25) is 0 Å².